The van der Waals surface area contributed by atoms with E-state index < -0.39 is 12.0 Å². The molecule has 0 bridgehead atoms. The van der Waals surface area contributed by atoms with Crippen molar-refractivity contribution in [3.05, 3.63) is 87.6 Å². The lowest BCUT2D eigenvalue weighted by Gasteiger charge is -2.32. The molecule has 11 nitrogen and oxygen atoms in total. The summed E-state index contributed by atoms with van der Waals surface area (Å²) in [7, 11) is 0. The zero-order chi connectivity index (χ0) is 30.8. The molecule has 2 aliphatic rings. The van der Waals surface area contributed by atoms with Crippen LogP contribution in [0, 0.1) is 0 Å². The number of hydrogen-bond acceptors (Lipinski definition) is 9. The van der Waals surface area contributed by atoms with Crippen LogP contribution < -0.4 is 10.9 Å². The third kappa shape index (κ3) is 6.26. The van der Waals surface area contributed by atoms with Crippen molar-refractivity contribution < 1.29 is 19.8 Å². The molecule has 4 aromatic rings. The quantitative estimate of drug-likeness (QED) is 0.249. The highest BCUT2D eigenvalue weighted by Crippen LogP contribution is 2.32. The summed E-state index contributed by atoms with van der Waals surface area (Å²) in [6, 6.07) is 16.0. The van der Waals surface area contributed by atoms with Crippen LogP contribution in [-0.4, -0.2) is 59.9 Å². The van der Waals surface area contributed by atoms with Gasteiger partial charge in [-0.1, -0.05) is 67.0 Å². The Hall–Kier alpha value is -4.06. The summed E-state index contributed by atoms with van der Waals surface area (Å²) in [6.07, 6.45) is 5.73. The highest BCUT2D eigenvalue weighted by molar-refractivity contribution is 6.04. The van der Waals surface area contributed by atoms with Crippen molar-refractivity contribution in [2.45, 2.75) is 89.9 Å². The Morgan fingerprint density at radius 3 is 2.45 bits per heavy atom. The maximum atomic E-state index is 14.3. The molecular weight excluding hydrogens is 560 g/mol. The second-order valence-corrected chi connectivity index (χ2v) is 12.3. The number of rotatable bonds is 10. The number of fused-ring (bicyclic) bond motifs is 1. The molecule has 11 heteroatoms. The molecule has 6 rings (SSSR count). The van der Waals surface area contributed by atoms with Gasteiger partial charge in [0.05, 0.1) is 24.0 Å². The van der Waals surface area contributed by atoms with Gasteiger partial charge in [-0.2, -0.15) is 10.1 Å². The average molecular weight is 601 g/mol. The largest absolute Gasteiger partial charge is 0.388 e. The number of aliphatic hydroxyl groups excluding tert-OH is 1. The van der Waals surface area contributed by atoms with Crippen LogP contribution in [0.4, 0.5) is 0 Å². The molecule has 0 spiro atoms. The number of nitrogens with zero attached hydrogens (tertiary/aromatic N) is 5. The fourth-order valence-electron chi connectivity index (χ4n) is 6.22. The minimum absolute atomic E-state index is 0.000834. The van der Waals surface area contributed by atoms with Crippen molar-refractivity contribution >= 4 is 11.6 Å². The summed E-state index contributed by atoms with van der Waals surface area (Å²) >= 11 is 0. The fraction of sp³-hybridized carbons (Fsp3) is 0.455. The number of oxime groups is 1. The molecule has 3 heterocycles. The van der Waals surface area contributed by atoms with Gasteiger partial charge in [0.25, 0.3) is 5.56 Å². The third-order valence-electron chi connectivity index (χ3n) is 8.33. The molecular formula is C33H40N6O5. The number of aromatic nitrogens is 4. The molecule has 3 N–H and O–H groups in total. The Morgan fingerprint density at radius 1 is 1.07 bits per heavy atom. The summed E-state index contributed by atoms with van der Waals surface area (Å²) in [4.78, 5) is 23.7. The van der Waals surface area contributed by atoms with Gasteiger partial charge in [0.1, 0.15) is 6.33 Å². The van der Waals surface area contributed by atoms with Crippen LogP contribution in [0.5, 0.6) is 0 Å². The molecule has 0 saturated heterocycles. The summed E-state index contributed by atoms with van der Waals surface area (Å²) in [5.41, 5.74) is 4.55. The first-order valence-electron chi connectivity index (χ1n) is 15.4. The first kappa shape index (κ1) is 30.0. The number of benzene rings is 2. The SMILES string of the molecule is CCCc1c(Cc2ccc(-c3ccccc3C3=NOC(O)N3)cc2)c(=O)n([C@H]2CC[C@H](OCC(C)(C)O)CC2)c2ncnn12. The van der Waals surface area contributed by atoms with Gasteiger partial charge >= 0.3 is 6.41 Å². The number of nitrogens with one attached hydrogen (secondary N) is 1. The van der Waals surface area contributed by atoms with Crippen molar-refractivity contribution in [2.75, 3.05) is 6.61 Å². The van der Waals surface area contributed by atoms with Gasteiger partial charge in [-0.05, 0) is 62.6 Å². The lowest BCUT2D eigenvalue weighted by molar-refractivity contribution is -0.0896. The molecule has 1 atom stereocenters. The lowest BCUT2D eigenvalue weighted by atomic mass is 9.92. The van der Waals surface area contributed by atoms with E-state index in [0.29, 0.717) is 24.6 Å². The first-order valence-corrected chi connectivity index (χ1v) is 15.4. The Morgan fingerprint density at radius 2 is 1.80 bits per heavy atom. The summed E-state index contributed by atoms with van der Waals surface area (Å²) in [5, 5.41) is 31.1. The molecule has 1 unspecified atom stereocenters. The number of amidine groups is 1. The van der Waals surface area contributed by atoms with E-state index in [4.69, 9.17) is 9.57 Å². The van der Waals surface area contributed by atoms with Crippen molar-refractivity contribution in [3.63, 3.8) is 0 Å². The number of ether oxygens (including phenoxy) is 1. The molecule has 1 aliphatic heterocycles. The van der Waals surface area contributed by atoms with Gasteiger partial charge < -0.3 is 25.1 Å². The maximum Gasteiger partial charge on any atom is 0.304 e. The van der Waals surface area contributed by atoms with Crippen LogP contribution in [0.1, 0.15) is 81.3 Å². The molecule has 2 aromatic carbocycles. The monoisotopic (exact) mass is 600 g/mol. The Balaban J connectivity index is 1.29. The minimum atomic E-state index is -1.16. The Kier molecular flexibility index (Phi) is 8.53. The average Bonchev–Trinajstić information content (AvgIpc) is 3.68. The van der Waals surface area contributed by atoms with Gasteiger partial charge in [-0.15, -0.1) is 0 Å². The Labute approximate surface area is 256 Å². The first-order chi connectivity index (χ1) is 21.2. The molecule has 44 heavy (non-hydrogen) atoms. The highest BCUT2D eigenvalue weighted by Gasteiger charge is 2.29. The van der Waals surface area contributed by atoms with Gasteiger partial charge in [0.2, 0.25) is 5.78 Å². The van der Waals surface area contributed by atoms with Crippen LogP contribution in [0.15, 0.2) is 64.8 Å². The molecule has 0 radical (unpaired) electrons. The van der Waals surface area contributed by atoms with E-state index in [1.165, 1.54) is 6.33 Å². The van der Waals surface area contributed by atoms with E-state index in [2.05, 4.69) is 39.6 Å². The van der Waals surface area contributed by atoms with E-state index in [1.54, 1.807) is 13.8 Å². The van der Waals surface area contributed by atoms with Gasteiger partial charge in [-0.25, -0.2) is 4.52 Å². The van der Waals surface area contributed by atoms with Crippen LogP contribution in [-0.2, 0) is 22.4 Å². The summed E-state index contributed by atoms with van der Waals surface area (Å²) < 4.78 is 9.68. The van der Waals surface area contributed by atoms with Crippen molar-refractivity contribution in [1.82, 2.24) is 24.5 Å². The molecule has 2 aromatic heterocycles. The van der Waals surface area contributed by atoms with Crippen LogP contribution in [0.2, 0.25) is 0 Å². The van der Waals surface area contributed by atoms with Crippen LogP contribution in [0.25, 0.3) is 16.9 Å². The van der Waals surface area contributed by atoms with Gasteiger partial charge in [-0.3, -0.25) is 9.36 Å². The third-order valence-corrected chi connectivity index (χ3v) is 8.33. The minimum Gasteiger partial charge on any atom is -0.388 e. The standard InChI is InChI=1S/C33H40N6O5/c1-4-7-28-27(18-21-10-12-22(13-11-21)25-8-5-6-9-26(25)29-36-32(41)44-37-29)30(40)38(31-34-20-35-39(28)31)23-14-16-24(17-15-23)43-19-33(2,3)42/h5-6,8-13,20,23-24,32,41-42H,4,7,14-19H2,1-3H3,(H,36,37)/t23-,24-,32?. The Bertz CT molecular complexity index is 1700. The predicted octanol–water partition coefficient (Wildman–Crippen LogP) is 3.93. The number of aryl methyl sites for hydroxylation is 1. The predicted molar refractivity (Wildman–Crippen MR) is 166 cm³/mol. The fourth-order valence-corrected chi connectivity index (χ4v) is 6.22. The van der Waals surface area contributed by atoms with Crippen molar-refractivity contribution in [1.29, 1.82) is 0 Å². The van der Waals surface area contributed by atoms with Gasteiger partial charge in [0, 0.05) is 23.6 Å². The zero-order valence-corrected chi connectivity index (χ0v) is 25.4. The maximum absolute atomic E-state index is 14.3. The second-order valence-electron chi connectivity index (χ2n) is 12.3. The van der Waals surface area contributed by atoms with Gasteiger partial charge in [0.15, 0.2) is 5.84 Å². The number of hydrogen-bond donors (Lipinski definition) is 3. The summed E-state index contributed by atoms with van der Waals surface area (Å²) in [6.45, 7) is 5.89. The van der Waals surface area contributed by atoms with Crippen LogP contribution in [0.3, 0.4) is 0 Å². The van der Waals surface area contributed by atoms with E-state index in [0.717, 1.165) is 72.0 Å². The lowest BCUT2D eigenvalue weighted by Crippen LogP contribution is -2.36. The van der Waals surface area contributed by atoms with Crippen LogP contribution >= 0.6 is 0 Å². The molecule has 1 saturated carbocycles. The highest BCUT2D eigenvalue weighted by atomic mass is 16.7. The van der Waals surface area contributed by atoms with E-state index in [-0.39, 0.29) is 17.7 Å². The summed E-state index contributed by atoms with van der Waals surface area (Å²) in [5.74, 6) is 1.06. The zero-order valence-electron chi connectivity index (χ0n) is 25.4. The van der Waals surface area contributed by atoms with Crippen molar-refractivity contribution in [3.8, 4) is 11.1 Å². The van der Waals surface area contributed by atoms with E-state index >= 15 is 0 Å². The number of aliphatic hydroxyl groups is 2. The van der Waals surface area contributed by atoms with E-state index in [1.807, 2.05) is 45.5 Å². The molecule has 0 amide bonds. The second kappa shape index (κ2) is 12.5. The normalized spacial score (nSPS) is 20.4. The molecule has 1 fully saturated rings. The molecule has 1 aliphatic carbocycles. The topological polar surface area (TPSA) is 136 Å². The van der Waals surface area contributed by atoms with E-state index in [9.17, 15) is 15.0 Å². The van der Waals surface area contributed by atoms with Crippen molar-refractivity contribution in [2.24, 2.45) is 5.16 Å². The molecule has 232 valence electrons. The smallest absolute Gasteiger partial charge is 0.304 e.